The molecule has 2 N–H and O–H groups in total. The number of carbonyl (C=O) groups is 3. The fourth-order valence-corrected chi connectivity index (χ4v) is 6.90. The van der Waals surface area contributed by atoms with E-state index in [0.717, 1.165) is 28.4 Å². The number of aromatic nitrogens is 3. The zero-order chi connectivity index (χ0) is 36.3. The Morgan fingerprint density at radius 2 is 1.78 bits per heavy atom. The number of halogens is 6. The van der Waals surface area contributed by atoms with Crippen molar-refractivity contribution in [3.05, 3.63) is 76.1 Å². The van der Waals surface area contributed by atoms with Crippen molar-refractivity contribution in [2.45, 2.75) is 51.4 Å². The van der Waals surface area contributed by atoms with E-state index in [0.29, 0.717) is 29.3 Å². The van der Waals surface area contributed by atoms with Crippen molar-refractivity contribution in [3.8, 4) is 11.1 Å². The number of carboxylic acids is 1. The summed E-state index contributed by atoms with van der Waals surface area (Å²) < 4.78 is 72.4. The molecule has 0 bridgehead atoms. The van der Waals surface area contributed by atoms with E-state index in [9.17, 15) is 41.4 Å². The Kier molecular flexibility index (Phi) is 11.2. The molecule has 0 saturated carbocycles. The maximum atomic E-state index is 14.1. The van der Waals surface area contributed by atoms with Crippen LogP contribution in [0.15, 0.2) is 42.5 Å². The number of benzene rings is 2. The van der Waals surface area contributed by atoms with Crippen LogP contribution in [0.3, 0.4) is 0 Å². The van der Waals surface area contributed by atoms with Gasteiger partial charge in [0.05, 0.1) is 33.6 Å². The van der Waals surface area contributed by atoms with Gasteiger partial charge in [-0.25, -0.2) is 17.9 Å². The van der Waals surface area contributed by atoms with E-state index >= 15 is 0 Å². The van der Waals surface area contributed by atoms with Crippen molar-refractivity contribution in [3.63, 3.8) is 0 Å². The van der Waals surface area contributed by atoms with Crippen molar-refractivity contribution in [1.82, 2.24) is 25.0 Å². The fraction of sp³-hybridized carbons (Fsp3) is 0.364. The Labute approximate surface area is 292 Å². The SMILES string of the molecule is CCc1ccc(-c2ccc(Cl)c3c(N(SC)C(=O)N4CCC(C(=O)O)CC4)nn(CC(F)(F)F)c23)c(C(Cc2cc(F)cc(F)c2)NC=O)n1. The Balaban J connectivity index is 1.69. The molecule has 1 aliphatic heterocycles. The predicted octanol–water partition coefficient (Wildman–Crippen LogP) is 7.19. The number of alkyl halides is 3. The third kappa shape index (κ3) is 7.96. The molecule has 3 amide bonds. The van der Waals surface area contributed by atoms with Crippen molar-refractivity contribution < 1.29 is 41.4 Å². The van der Waals surface area contributed by atoms with Crippen LogP contribution in [-0.4, -0.2) is 68.7 Å². The predicted molar refractivity (Wildman–Crippen MR) is 179 cm³/mol. The smallest absolute Gasteiger partial charge is 0.408 e. The summed E-state index contributed by atoms with van der Waals surface area (Å²) in [5.74, 6) is -3.41. The molecule has 50 heavy (non-hydrogen) atoms. The summed E-state index contributed by atoms with van der Waals surface area (Å²) in [4.78, 5) is 43.2. The molecule has 0 radical (unpaired) electrons. The largest absolute Gasteiger partial charge is 0.481 e. The number of hydrogen-bond acceptors (Lipinski definition) is 6. The summed E-state index contributed by atoms with van der Waals surface area (Å²) in [6.45, 7) is 0.517. The molecule has 2 aromatic heterocycles. The average molecular weight is 739 g/mol. The molecular formula is C33H32ClF5N6O4S. The molecule has 1 unspecified atom stereocenters. The van der Waals surface area contributed by atoms with Gasteiger partial charge in [0.15, 0.2) is 5.82 Å². The number of nitrogens with zero attached hydrogens (tertiary/aromatic N) is 5. The van der Waals surface area contributed by atoms with Crippen LogP contribution in [0.2, 0.25) is 5.02 Å². The molecule has 0 aliphatic carbocycles. The molecule has 1 fully saturated rings. The number of likely N-dealkylation sites (tertiary alicyclic amines) is 1. The maximum absolute atomic E-state index is 14.1. The van der Waals surface area contributed by atoms with E-state index in [-0.39, 0.29) is 76.5 Å². The number of carbonyl (C=O) groups excluding carboxylic acids is 2. The number of amides is 3. The number of aryl methyl sites for hydroxylation is 1. The first-order valence-corrected chi connectivity index (χ1v) is 17.1. The van der Waals surface area contributed by atoms with Crippen LogP contribution in [0.1, 0.15) is 42.8 Å². The summed E-state index contributed by atoms with van der Waals surface area (Å²) in [5, 5.41) is 16.3. The maximum Gasteiger partial charge on any atom is 0.408 e. The zero-order valence-electron chi connectivity index (χ0n) is 26.8. The lowest BCUT2D eigenvalue weighted by molar-refractivity contribution is -0.143. The average Bonchev–Trinajstić information content (AvgIpc) is 3.42. The molecule has 4 aromatic rings. The van der Waals surface area contributed by atoms with Crippen LogP contribution in [0, 0.1) is 17.6 Å². The summed E-state index contributed by atoms with van der Waals surface area (Å²) in [5.41, 5.74) is 1.39. The molecule has 5 rings (SSSR count). The molecule has 0 spiro atoms. The molecular weight excluding hydrogens is 707 g/mol. The summed E-state index contributed by atoms with van der Waals surface area (Å²) in [6, 6.07) is 7.57. The highest BCUT2D eigenvalue weighted by molar-refractivity contribution is 8.00. The van der Waals surface area contributed by atoms with Crippen LogP contribution in [0.4, 0.5) is 32.6 Å². The molecule has 2 aromatic carbocycles. The minimum atomic E-state index is -4.75. The second-order valence-electron chi connectivity index (χ2n) is 11.7. The van der Waals surface area contributed by atoms with E-state index in [1.165, 1.54) is 17.0 Å². The molecule has 17 heteroatoms. The molecule has 3 heterocycles. The Morgan fingerprint density at radius 1 is 1.12 bits per heavy atom. The number of nitrogens with one attached hydrogen (secondary N) is 1. The van der Waals surface area contributed by atoms with Gasteiger partial charge in [0, 0.05) is 42.2 Å². The fourth-order valence-electron chi connectivity index (χ4n) is 6.10. The summed E-state index contributed by atoms with van der Waals surface area (Å²) in [7, 11) is 0. The highest BCUT2D eigenvalue weighted by Gasteiger charge is 2.36. The van der Waals surface area contributed by atoms with Crippen LogP contribution in [0.5, 0.6) is 0 Å². The van der Waals surface area contributed by atoms with Crippen molar-refractivity contribution in [2.24, 2.45) is 5.92 Å². The number of anilines is 1. The van der Waals surface area contributed by atoms with Crippen molar-refractivity contribution in [1.29, 1.82) is 0 Å². The van der Waals surface area contributed by atoms with Gasteiger partial charge in [0.1, 0.15) is 18.2 Å². The lowest BCUT2D eigenvalue weighted by atomic mass is 9.93. The van der Waals surface area contributed by atoms with Crippen LogP contribution < -0.4 is 9.62 Å². The second-order valence-corrected chi connectivity index (χ2v) is 12.8. The van der Waals surface area contributed by atoms with Crippen molar-refractivity contribution in [2.75, 3.05) is 23.7 Å². The first-order chi connectivity index (χ1) is 23.7. The minimum Gasteiger partial charge on any atom is -0.481 e. The van der Waals surface area contributed by atoms with Crippen LogP contribution in [-0.2, 0) is 29.0 Å². The molecule has 266 valence electrons. The standard InChI is InChI=1S/C33H32ClF5N6O4S/c1-3-22-4-5-23(28(41-22)26(40-17-46)14-18-12-20(35)15-21(36)13-18)24-6-7-25(34)27-29(24)44(16-33(37,38)39)42-30(27)45(50-2)32(49)43-10-8-19(9-11-43)31(47)48/h4-7,12-13,15,17,19,26H,3,8-11,14,16H2,1-2H3,(H,40,46)(H,47,48). The molecule has 1 saturated heterocycles. The lowest BCUT2D eigenvalue weighted by Crippen LogP contribution is -2.45. The zero-order valence-corrected chi connectivity index (χ0v) is 28.4. The Morgan fingerprint density at radius 3 is 2.36 bits per heavy atom. The number of piperidine rings is 1. The Bertz CT molecular complexity index is 1900. The van der Waals surface area contributed by atoms with Gasteiger partial charge in [-0.1, -0.05) is 30.7 Å². The third-order valence-corrected chi connectivity index (χ3v) is 9.42. The quantitative estimate of drug-likeness (QED) is 0.0950. The van der Waals surface area contributed by atoms with Crippen LogP contribution >= 0.6 is 23.5 Å². The normalized spacial score (nSPS) is 14.5. The monoisotopic (exact) mass is 738 g/mol. The molecule has 1 atom stereocenters. The second kappa shape index (κ2) is 15.2. The Hall–Kier alpha value is -4.44. The topological polar surface area (TPSA) is 121 Å². The van der Waals surface area contributed by atoms with Gasteiger partial charge in [-0.2, -0.15) is 18.3 Å². The summed E-state index contributed by atoms with van der Waals surface area (Å²) >= 11 is 7.58. The first kappa shape index (κ1) is 36.8. The number of fused-ring (bicyclic) bond motifs is 1. The van der Waals surface area contributed by atoms with Crippen LogP contribution in [0.25, 0.3) is 22.0 Å². The molecule has 10 nitrogen and oxygen atoms in total. The third-order valence-electron chi connectivity index (χ3n) is 8.41. The highest BCUT2D eigenvalue weighted by Crippen LogP contribution is 2.43. The van der Waals surface area contributed by atoms with Crippen molar-refractivity contribution >= 4 is 58.7 Å². The van der Waals surface area contributed by atoms with E-state index in [1.54, 1.807) is 18.4 Å². The van der Waals surface area contributed by atoms with Gasteiger partial charge in [-0.15, -0.1) is 0 Å². The first-order valence-electron chi connectivity index (χ1n) is 15.5. The van der Waals surface area contributed by atoms with Gasteiger partial charge in [-0.05, 0) is 67.5 Å². The van der Waals surface area contributed by atoms with E-state index in [1.807, 2.05) is 6.92 Å². The van der Waals surface area contributed by atoms with Gasteiger partial charge in [0.25, 0.3) is 0 Å². The molecule has 1 aliphatic rings. The number of rotatable bonds is 11. The van der Waals surface area contributed by atoms with Gasteiger partial charge in [-0.3, -0.25) is 19.3 Å². The summed E-state index contributed by atoms with van der Waals surface area (Å²) in [6.07, 6.45) is -2.05. The number of urea groups is 1. The lowest BCUT2D eigenvalue weighted by Gasteiger charge is -2.33. The number of hydrogen-bond donors (Lipinski definition) is 2. The van der Waals surface area contributed by atoms with Gasteiger partial charge >= 0.3 is 18.2 Å². The van der Waals surface area contributed by atoms with E-state index in [2.05, 4.69) is 10.4 Å². The number of aliphatic carboxylic acids is 1. The van der Waals surface area contributed by atoms with E-state index in [4.69, 9.17) is 16.6 Å². The van der Waals surface area contributed by atoms with Gasteiger partial charge in [0.2, 0.25) is 6.41 Å². The number of pyridine rings is 1. The minimum absolute atomic E-state index is 0.00102. The highest BCUT2D eigenvalue weighted by atomic mass is 35.5. The van der Waals surface area contributed by atoms with E-state index < -0.39 is 48.3 Å². The van der Waals surface area contributed by atoms with Gasteiger partial charge < -0.3 is 15.3 Å². The number of carboxylic acid groups (broad SMARTS) is 1.